The van der Waals surface area contributed by atoms with Gasteiger partial charge in [-0.25, -0.2) is 9.78 Å². The van der Waals surface area contributed by atoms with Crippen LogP contribution in [0.1, 0.15) is 25.6 Å². The van der Waals surface area contributed by atoms with Crippen LogP contribution < -0.4 is 11.1 Å². The second kappa shape index (κ2) is 10.4. The van der Waals surface area contributed by atoms with Crippen LogP contribution in [0.4, 0.5) is 4.79 Å². The van der Waals surface area contributed by atoms with Crippen LogP contribution in [0.25, 0.3) is 0 Å². The molecule has 9 heteroatoms. The molecule has 0 bridgehead atoms. The molecule has 1 aliphatic heterocycles. The fourth-order valence-corrected chi connectivity index (χ4v) is 3.69. The molecule has 0 aliphatic carbocycles. The number of nitrogens with zero attached hydrogens (tertiary/aromatic N) is 4. The third kappa shape index (κ3) is 5.91. The Labute approximate surface area is 159 Å². The molecule has 26 heavy (non-hydrogen) atoms. The van der Waals surface area contributed by atoms with Gasteiger partial charge in [0.2, 0.25) is 5.91 Å². The first-order valence-electron chi connectivity index (χ1n) is 9.11. The van der Waals surface area contributed by atoms with E-state index in [1.807, 2.05) is 23.5 Å². The van der Waals surface area contributed by atoms with Crippen molar-refractivity contribution >= 4 is 23.7 Å². The van der Waals surface area contributed by atoms with Crippen molar-refractivity contribution < 1.29 is 9.59 Å². The predicted octanol–water partition coefficient (Wildman–Crippen LogP) is 0.727. The molecule has 3 N–H and O–H groups in total. The van der Waals surface area contributed by atoms with Crippen LogP contribution in [-0.4, -0.2) is 75.5 Å². The fourth-order valence-electron chi connectivity index (χ4n) is 3.21. The van der Waals surface area contributed by atoms with Crippen LogP contribution >= 0.6 is 11.8 Å². The maximum absolute atomic E-state index is 12.8. The van der Waals surface area contributed by atoms with E-state index in [2.05, 4.69) is 26.7 Å². The SMILES string of the molecule is CCn1ccnc1CN1CCCN(C(=O)[C@H](CCSC)NC(N)=O)CC1. The molecular weight excluding hydrogens is 352 g/mol. The van der Waals surface area contributed by atoms with Crippen LogP contribution in [0.5, 0.6) is 0 Å². The maximum Gasteiger partial charge on any atom is 0.312 e. The lowest BCUT2D eigenvalue weighted by molar-refractivity contribution is -0.133. The summed E-state index contributed by atoms with van der Waals surface area (Å²) in [6.07, 6.45) is 7.31. The number of aryl methyl sites for hydroxylation is 1. The van der Waals surface area contributed by atoms with Gasteiger partial charge in [-0.3, -0.25) is 9.69 Å². The molecule has 0 spiro atoms. The van der Waals surface area contributed by atoms with Crippen molar-refractivity contribution in [1.82, 2.24) is 24.7 Å². The van der Waals surface area contributed by atoms with Crippen molar-refractivity contribution in [3.05, 3.63) is 18.2 Å². The van der Waals surface area contributed by atoms with E-state index in [9.17, 15) is 9.59 Å². The highest BCUT2D eigenvalue weighted by Gasteiger charge is 2.27. The van der Waals surface area contributed by atoms with E-state index in [4.69, 9.17) is 5.73 Å². The lowest BCUT2D eigenvalue weighted by Crippen LogP contribution is -2.51. The van der Waals surface area contributed by atoms with E-state index in [1.54, 1.807) is 11.8 Å². The predicted molar refractivity (Wildman–Crippen MR) is 104 cm³/mol. The molecule has 2 rings (SSSR count). The number of nitrogens with two attached hydrogens (primary N) is 1. The number of carbonyl (C=O) groups excluding carboxylic acids is 2. The molecule has 1 fully saturated rings. The third-order valence-electron chi connectivity index (χ3n) is 4.63. The van der Waals surface area contributed by atoms with Crippen LogP contribution in [0, 0.1) is 0 Å². The molecule has 0 aromatic carbocycles. The average Bonchev–Trinajstić information content (AvgIpc) is 2.93. The topological polar surface area (TPSA) is 96.5 Å². The van der Waals surface area contributed by atoms with Gasteiger partial charge in [-0.15, -0.1) is 0 Å². The van der Waals surface area contributed by atoms with Gasteiger partial charge in [0.25, 0.3) is 0 Å². The molecule has 1 aromatic heterocycles. The molecule has 8 nitrogen and oxygen atoms in total. The van der Waals surface area contributed by atoms with Gasteiger partial charge >= 0.3 is 6.03 Å². The van der Waals surface area contributed by atoms with Gasteiger partial charge < -0.3 is 20.5 Å². The Hall–Kier alpha value is -1.74. The zero-order chi connectivity index (χ0) is 18.9. The lowest BCUT2D eigenvalue weighted by atomic mass is 10.2. The van der Waals surface area contributed by atoms with Crippen molar-refractivity contribution in [2.45, 2.75) is 38.9 Å². The van der Waals surface area contributed by atoms with Crippen molar-refractivity contribution in [2.75, 3.05) is 38.2 Å². The average molecular weight is 383 g/mol. The Balaban J connectivity index is 1.93. The Morgan fingerprint density at radius 3 is 2.85 bits per heavy atom. The molecule has 0 saturated carbocycles. The number of rotatable bonds is 8. The minimum atomic E-state index is -0.646. The molecule has 1 saturated heterocycles. The van der Waals surface area contributed by atoms with Gasteiger partial charge in [-0.2, -0.15) is 11.8 Å². The molecule has 1 aromatic rings. The van der Waals surface area contributed by atoms with Crippen LogP contribution in [0.15, 0.2) is 12.4 Å². The van der Waals surface area contributed by atoms with E-state index < -0.39 is 12.1 Å². The van der Waals surface area contributed by atoms with Crippen LogP contribution in [0.2, 0.25) is 0 Å². The number of thioether (sulfide) groups is 1. The number of nitrogens with one attached hydrogen (secondary N) is 1. The zero-order valence-corrected chi connectivity index (χ0v) is 16.5. The fraction of sp³-hybridized carbons (Fsp3) is 0.706. The van der Waals surface area contributed by atoms with E-state index in [-0.39, 0.29) is 5.91 Å². The first-order chi connectivity index (χ1) is 12.5. The van der Waals surface area contributed by atoms with E-state index >= 15 is 0 Å². The summed E-state index contributed by atoms with van der Waals surface area (Å²) in [5, 5.41) is 2.60. The molecule has 146 valence electrons. The van der Waals surface area contributed by atoms with Gasteiger partial charge in [0, 0.05) is 45.1 Å². The summed E-state index contributed by atoms with van der Waals surface area (Å²) in [6, 6.07) is -1.18. The largest absolute Gasteiger partial charge is 0.352 e. The van der Waals surface area contributed by atoms with Crippen molar-refractivity contribution in [3.8, 4) is 0 Å². The van der Waals surface area contributed by atoms with Crippen molar-refractivity contribution in [1.29, 1.82) is 0 Å². The number of amides is 3. The minimum absolute atomic E-state index is 0.0326. The number of hydrogen-bond donors (Lipinski definition) is 2. The molecule has 0 unspecified atom stereocenters. The molecule has 1 atom stereocenters. The smallest absolute Gasteiger partial charge is 0.312 e. The van der Waals surface area contributed by atoms with Gasteiger partial charge in [-0.05, 0) is 31.8 Å². The highest BCUT2D eigenvalue weighted by Crippen LogP contribution is 2.11. The summed E-state index contributed by atoms with van der Waals surface area (Å²) in [5.41, 5.74) is 5.24. The van der Waals surface area contributed by atoms with Gasteiger partial charge in [0.1, 0.15) is 11.9 Å². The van der Waals surface area contributed by atoms with Gasteiger partial charge in [0.05, 0.1) is 6.54 Å². The number of urea groups is 1. The summed E-state index contributed by atoms with van der Waals surface area (Å²) in [7, 11) is 0. The van der Waals surface area contributed by atoms with E-state index in [1.165, 1.54) is 0 Å². The highest BCUT2D eigenvalue weighted by atomic mass is 32.2. The standard InChI is InChI=1S/C17H30N6O2S/c1-3-22-9-6-19-15(22)13-21-7-4-8-23(11-10-21)16(24)14(5-12-26-2)20-17(18)25/h6,9,14H,3-5,7-8,10-13H2,1-2H3,(H3,18,20,25)/t14-/m0/s1. The van der Waals surface area contributed by atoms with E-state index in [0.717, 1.165) is 44.2 Å². The van der Waals surface area contributed by atoms with Gasteiger partial charge in [0.15, 0.2) is 0 Å². The number of hydrogen-bond acceptors (Lipinski definition) is 5. The van der Waals surface area contributed by atoms with Crippen LogP contribution in [-0.2, 0) is 17.9 Å². The Bertz CT molecular complexity index is 594. The molecule has 2 heterocycles. The summed E-state index contributed by atoms with van der Waals surface area (Å²) in [6.45, 7) is 6.89. The maximum atomic E-state index is 12.8. The summed E-state index contributed by atoms with van der Waals surface area (Å²) in [5.74, 6) is 1.83. The van der Waals surface area contributed by atoms with Gasteiger partial charge in [-0.1, -0.05) is 0 Å². The molecule has 0 radical (unpaired) electrons. The highest BCUT2D eigenvalue weighted by molar-refractivity contribution is 7.98. The number of aromatic nitrogens is 2. The normalized spacial score (nSPS) is 16.9. The van der Waals surface area contributed by atoms with Crippen LogP contribution in [0.3, 0.4) is 0 Å². The lowest BCUT2D eigenvalue weighted by Gasteiger charge is -2.26. The number of carbonyl (C=O) groups is 2. The third-order valence-corrected chi connectivity index (χ3v) is 5.28. The van der Waals surface area contributed by atoms with Crippen molar-refractivity contribution in [3.63, 3.8) is 0 Å². The Kier molecular flexibility index (Phi) is 8.24. The zero-order valence-electron chi connectivity index (χ0n) is 15.7. The number of primary amides is 1. The molecule has 1 aliphatic rings. The summed E-state index contributed by atoms with van der Waals surface area (Å²) in [4.78, 5) is 32.7. The Morgan fingerprint density at radius 2 is 2.15 bits per heavy atom. The minimum Gasteiger partial charge on any atom is -0.352 e. The summed E-state index contributed by atoms with van der Waals surface area (Å²) >= 11 is 1.65. The first-order valence-corrected chi connectivity index (χ1v) is 10.5. The second-order valence-electron chi connectivity index (χ2n) is 6.43. The first kappa shape index (κ1) is 20.6. The quantitative estimate of drug-likeness (QED) is 0.691. The monoisotopic (exact) mass is 382 g/mol. The molecule has 3 amide bonds. The second-order valence-corrected chi connectivity index (χ2v) is 7.41. The molecular formula is C17H30N6O2S. The summed E-state index contributed by atoms with van der Waals surface area (Å²) < 4.78 is 2.14. The Morgan fingerprint density at radius 1 is 1.35 bits per heavy atom. The van der Waals surface area contributed by atoms with Crippen molar-refractivity contribution in [2.24, 2.45) is 5.73 Å². The van der Waals surface area contributed by atoms with E-state index in [0.29, 0.717) is 19.5 Å². The number of imidazole rings is 1.